The molecule has 5 nitrogen and oxygen atoms in total. The summed E-state index contributed by atoms with van der Waals surface area (Å²) in [5.74, 6) is -1.83. The maximum absolute atomic E-state index is 13.0. The first-order valence-corrected chi connectivity index (χ1v) is 8.14. The molecule has 0 aliphatic rings. The number of nitrogen functional groups attached to an aromatic ring is 1. The van der Waals surface area contributed by atoms with Crippen molar-refractivity contribution in [3.63, 3.8) is 0 Å². The Bertz CT molecular complexity index is 859. The van der Waals surface area contributed by atoms with Crippen LogP contribution in [0.2, 0.25) is 5.02 Å². The summed E-state index contributed by atoms with van der Waals surface area (Å²) in [6, 6.07) is 7.36. The summed E-state index contributed by atoms with van der Waals surface area (Å²) in [4.78, 5) is 23.8. The Labute approximate surface area is 159 Å². The third kappa shape index (κ3) is 5.12. The van der Waals surface area contributed by atoms with Crippen molar-refractivity contribution in [3.8, 4) is 0 Å². The highest BCUT2D eigenvalue weighted by Gasteiger charge is 2.34. The number of esters is 1. The van der Waals surface area contributed by atoms with Crippen LogP contribution in [0.15, 0.2) is 40.9 Å². The Balaban J connectivity index is 2.06. The van der Waals surface area contributed by atoms with Crippen molar-refractivity contribution in [3.05, 3.63) is 57.0 Å². The predicted octanol–water partition coefficient (Wildman–Crippen LogP) is 4.50. The SMILES string of the molecule is Nc1ccc(Br)cc1C(=O)OCC(=O)Nc1ccc(Cl)cc1C(F)(F)F. The first kappa shape index (κ1) is 20.1. The van der Waals surface area contributed by atoms with Crippen LogP contribution in [0.1, 0.15) is 15.9 Å². The van der Waals surface area contributed by atoms with Crippen LogP contribution in [0.4, 0.5) is 24.5 Å². The second-order valence-electron chi connectivity index (χ2n) is 5.04. The first-order valence-electron chi connectivity index (χ1n) is 6.96. The number of alkyl halides is 3. The normalized spacial score (nSPS) is 11.1. The monoisotopic (exact) mass is 450 g/mol. The number of carbonyl (C=O) groups excluding carboxylic acids is 2. The summed E-state index contributed by atoms with van der Waals surface area (Å²) < 4.78 is 44.3. The maximum Gasteiger partial charge on any atom is 0.418 e. The molecule has 1 amide bonds. The topological polar surface area (TPSA) is 81.4 Å². The number of nitrogens with two attached hydrogens (primary N) is 1. The second kappa shape index (κ2) is 7.96. The Kier molecular flexibility index (Phi) is 6.14. The Morgan fingerprint density at radius 1 is 1.19 bits per heavy atom. The van der Waals surface area contributed by atoms with Crippen LogP contribution in [0.3, 0.4) is 0 Å². The number of hydrogen-bond donors (Lipinski definition) is 2. The van der Waals surface area contributed by atoms with Crippen molar-refractivity contribution >= 4 is 50.8 Å². The minimum Gasteiger partial charge on any atom is -0.452 e. The number of rotatable bonds is 4. The Morgan fingerprint density at radius 2 is 1.88 bits per heavy atom. The van der Waals surface area contributed by atoms with E-state index < -0.39 is 35.9 Å². The summed E-state index contributed by atoms with van der Waals surface area (Å²) in [5, 5.41) is 1.91. The minimum atomic E-state index is -4.71. The summed E-state index contributed by atoms with van der Waals surface area (Å²) in [6.45, 7) is -0.787. The van der Waals surface area contributed by atoms with E-state index in [1.807, 2.05) is 5.32 Å². The van der Waals surface area contributed by atoms with E-state index in [-0.39, 0.29) is 16.3 Å². The molecule has 0 radical (unpaired) electrons. The molecular formula is C16H11BrClF3N2O3. The molecule has 0 bridgehead atoms. The van der Waals surface area contributed by atoms with E-state index >= 15 is 0 Å². The molecule has 0 heterocycles. The number of carbonyl (C=O) groups is 2. The van der Waals surface area contributed by atoms with Gasteiger partial charge in [-0.3, -0.25) is 4.79 Å². The number of benzene rings is 2. The van der Waals surface area contributed by atoms with Crippen LogP contribution in [-0.4, -0.2) is 18.5 Å². The molecule has 2 aromatic rings. The molecule has 0 aromatic heterocycles. The van der Waals surface area contributed by atoms with Gasteiger partial charge in [0.2, 0.25) is 0 Å². The van der Waals surface area contributed by atoms with E-state index in [4.69, 9.17) is 22.1 Å². The highest BCUT2D eigenvalue weighted by molar-refractivity contribution is 9.10. The summed E-state index contributed by atoms with van der Waals surface area (Å²) in [6.07, 6.45) is -4.71. The lowest BCUT2D eigenvalue weighted by molar-refractivity contribution is -0.137. The minimum absolute atomic E-state index is 0.0228. The molecule has 138 valence electrons. The highest BCUT2D eigenvalue weighted by Crippen LogP contribution is 2.36. The molecule has 0 atom stereocenters. The van der Waals surface area contributed by atoms with E-state index in [9.17, 15) is 22.8 Å². The average Bonchev–Trinajstić information content (AvgIpc) is 2.55. The van der Waals surface area contributed by atoms with Gasteiger partial charge in [-0.15, -0.1) is 0 Å². The number of ether oxygens (including phenoxy) is 1. The van der Waals surface area contributed by atoms with Gasteiger partial charge >= 0.3 is 12.1 Å². The van der Waals surface area contributed by atoms with Gasteiger partial charge in [0.15, 0.2) is 6.61 Å². The van der Waals surface area contributed by atoms with Crippen LogP contribution in [0, 0.1) is 0 Å². The largest absolute Gasteiger partial charge is 0.452 e. The second-order valence-corrected chi connectivity index (χ2v) is 6.40. The fraction of sp³-hybridized carbons (Fsp3) is 0.125. The molecule has 2 rings (SSSR count). The van der Waals surface area contributed by atoms with Crippen LogP contribution >= 0.6 is 27.5 Å². The molecule has 0 aliphatic carbocycles. The van der Waals surface area contributed by atoms with Crippen molar-refractivity contribution in [2.75, 3.05) is 17.7 Å². The molecule has 3 N–H and O–H groups in total. The van der Waals surface area contributed by atoms with Gasteiger partial charge in [-0.2, -0.15) is 13.2 Å². The van der Waals surface area contributed by atoms with E-state index in [1.165, 1.54) is 18.2 Å². The average molecular weight is 452 g/mol. The Hall–Kier alpha value is -2.26. The van der Waals surface area contributed by atoms with Gasteiger partial charge in [0.05, 0.1) is 16.8 Å². The zero-order valence-corrected chi connectivity index (χ0v) is 15.2. The van der Waals surface area contributed by atoms with Gasteiger partial charge in [0, 0.05) is 15.2 Å². The number of amides is 1. The molecular weight excluding hydrogens is 441 g/mol. The van der Waals surface area contributed by atoms with E-state index in [0.29, 0.717) is 10.5 Å². The first-order chi connectivity index (χ1) is 12.1. The van der Waals surface area contributed by atoms with E-state index in [1.54, 1.807) is 6.07 Å². The van der Waals surface area contributed by atoms with Gasteiger partial charge < -0.3 is 15.8 Å². The van der Waals surface area contributed by atoms with Crippen molar-refractivity contribution in [2.45, 2.75) is 6.18 Å². The predicted molar refractivity (Wildman–Crippen MR) is 93.9 cm³/mol. The smallest absolute Gasteiger partial charge is 0.418 e. The lowest BCUT2D eigenvalue weighted by Crippen LogP contribution is -2.23. The highest BCUT2D eigenvalue weighted by atomic mass is 79.9. The third-order valence-corrected chi connectivity index (χ3v) is 3.86. The van der Waals surface area contributed by atoms with Gasteiger partial charge in [0.1, 0.15) is 0 Å². The molecule has 0 unspecified atom stereocenters. The summed E-state index contributed by atoms with van der Waals surface area (Å²) in [5.41, 5.74) is 4.19. The Morgan fingerprint density at radius 3 is 2.54 bits per heavy atom. The molecule has 0 aliphatic heterocycles. The maximum atomic E-state index is 13.0. The van der Waals surface area contributed by atoms with Crippen molar-refractivity contribution < 1.29 is 27.5 Å². The third-order valence-electron chi connectivity index (χ3n) is 3.13. The molecule has 0 fully saturated rings. The quantitative estimate of drug-likeness (QED) is 0.530. The fourth-order valence-corrected chi connectivity index (χ4v) is 2.49. The van der Waals surface area contributed by atoms with Crippen LogP contribution in [-0.2, 0) is 15.7 Å². The molecule has 2 aromatic carbocycles. The van der Waals surface area contributed by atoms with Gasteiger partial charge in [0.25, 0.3) is 5.91 Å². The lowest BCUT2D eigenvalue weighted by atomic mass is 10.1. The van der Waals surface area contributed by atoms with Crippen molar-refractivity contribution in [1.29, 1.82) is 0 Å². The van der Waals surface area contributed by atoms with Crippen LogP contribution in [0.5, 0.6) is 0 Å². The van der Waals surface area contributed by atoms with E-state index in [2.05, 4.69) is 15.9 Å². The molecule has 0 spiro atoms. The number of hydrogen-bond acceptors (Lipinski definition) is 4. The number of halogens is 5. The fourth-order valence-electron chi connectivity index (χ4n) is 1.96. The van der Waals surface area contributed by atoms with Crippen LogP contribution in [0.25, 0.3) is 0 Å². The molecule has 10 heteroatoms. The van der Waals surface area contributed by atoms with Crippen molar-refractivity contribution in [1.82, 2.24) is 0 Å². The lowest BCUT2D eigenvalue weighted by Gasteiger charge is -2.14. The number of nitrogens with one attached hydrogen (secondary N) is 1. The van der Waals surface area contributed by atoms with Gasteiger partial charge in [-0.1, -0.05) is 27.5 Å². The molecule has 0 saturated heterocycles. The number of anilines is 2. The molecule has 0 saturated carbocycles. The van der Waals surface area contributed by atoms with Crippen LogP contribution < -0.4 is 11.1 Å². The zero-order valence-electron chi connectivity index (χ0n) is 12.9. The summed E-state index contributed by atoms with van der Waals surface area (Å²) >= 11 is 8.72. The molecule has 26 heavy (non-hydrogen) atoms. The van der Waals surface area contributed by atoms with Crippen molar-refractivity contribution in [2.24, 2.45) is 0 Å². The van der Waals surface area contributed by atoms with E-state index in [0.717, 1.165) is 6.07 Å². The summed E-state index contributed by atoms with van der Waals surface area (Å²) in [7, 11) is 0. The van der Waals surface area contributed by atoms with Gasteiger partial charge in [-0.05, 0) is 36.4 Å². The van der Waals surface area contributed by atoms with Gasteiger partial charge in [-0.25, -0.2) is 4.79 Å². The zero-order chi connectivity index (χ0) is 19.5. The standard InChI is InChI=1S/C16H11BrClF3N2O3/c17-8-1-3-12(22)10(5-8)15(25)26-7-14(24)23-13-4-2-9(18)6-11(13)16(19,20)21/h1-6H,7,22H2,(H,23,24).